The van der Waals surface area contributed by atoms with Gasteiger partial charge in [0.2, 0.25) is 0 Å². The molecule has 0 atom stereocenters. The second-order valence-corrected chi connectivity index (χ2v) is 6.25. The normalized spacial score (nSPS) is 20.4. The second-order valence-electron chi connectivity index (χ2n) is 5.11. The van der Waals surface area contributed by atoms with Gasteiger partial charge in [0, 0.05) is 17.6 Å². The average molecular weight is 262 g/mol. The van der Waals surface area contributed by atoms with Crippen molar-refractivity contribution in [3.63, 3.8) is 0 Å². The van der Waals surface area contributed by atoms with E-state index in [1.807, 2.05) is 6.20 Å². The number of hydrogen-bond acceptors (Lipinski definition) is 4. The maximum absolute atomic E-state index is 5.62. The van der Waals surface area contributed by atoms with Gasteiger partial charge in [-0.15, -0.1) is 23.7 Å². The quantitative estimate of drug-likeness (QED) is 0.890. The van der Waals surface area contributed by atoms with Crippen LogP contribution in [0.4, 0.5) is 5.13 Å². The van der Waals surface area contributed by atoms with Gasteiger partial charge in [-0.3, -0.25) is 4.90 Å². The lowest BCUT2D eigenvalue weighted by molar-refractivity contribution is 0.128. The van der Waals surface area contributed by atoms with Gasteiger partial charge in [0.05, 0.1) is 0 Å². The zero-order valence-electron chi connectivity index (χ0n) is 9.90. The van der Waals surface area contributed by atoms with E-state index in [0.717, 1.165) is 6.54 Å². The van der Waals surface area contributed by atoms with Crippen molar-refractivity contribution in [2.45, 2.75) is 33.2 Å². The lowest BCUT2D eigenvalue weighted by atomic mass is 9.83. The van der Waals surface area contributed by atoms with E-state index >= 15 is 0 Å². The van der Waals surface area contributed by atoms with Crippen LogP contribution in [0.1, 0.15) is 31.6 Å². The Labute approximate surface area is 107 Å². The van der Waals surface area contributed by atoms with Gasteiger partial charge in [0.15, 0.2) is 5.13 Å². The van der Waals surface area contributed by atoms with Crippen LogP contribution in [-0.2, 0) is 6.54 Å². The summed E-state index contributed by atoms with van der Waals surface area (Å²) in [5, 5.41) is 0.683. The zero-order chi connectivity index (χ0) is 10.9. The van der Waals surface area contributed by atoms with Crippen LogP contribution < -0.4 is 5.73 Å². The number of piperidine rings is 1. The summed E-state index contributed by atoms with van der Waals surface area (Å²) in [5.41, 5.74) is 6.15. The standard InChI is InChI=1S/C11H19N3S.ClH/c1-11(2)3-5-14(6-4-11)8-9-7-13-10(12)15-9;/h7H,3-6,8H2,1-2H3,(H2,12,13);1H. The molecule has 0 bridgehead atoms. The minimum absolute atomic E-state index is 0. The van der Waals surface area contributed by atoms with E-state index < -0.39 is 0 Å². The number of likely N-dealkylation sites (tertiary alicyclic amines) is 1. The molecule has 2 rings (SSSR count). The van der Waals surface area contributed by atoms with E-state index in [0.29, 0.717) is 10.5 Å². The van der Waals surface area contributed by atoms with Crippen molar-refractivity contribution in [3.05, 3.63) is 11.1 Å². The third-order valence-corrected chi connectivity index (χ3v) is 3.97. The largest absolute Gasteiger partial charge is 0.375 e. The Morgan fingerprint density at radius 2 is 2.06 bits per heavy atom. The molecule has 0 aromatic carbocycles. The fourth-order valence-corrected chi connectivity index (χ4v) is 2.66. The molecule has 5 heteroatoms. The molecular formula is C11H20ClN3S. The highest BCUT2D eigenvalue weighted by Gasteiger charge is 2.25. The van der Waals surface area contributed by atoms with Crippen LogP contribution in [0, 0.1) is 5.41 Å². The summed E-state index contributed by atoms with van der Waals surface area (Å²) in [6.45, 7) is 8.13. The van der Waals surface area contributed by atoms with Crippen LogP contribution in [0.3, 0.4) is 0 Å². The van der Waals surface area contributed by atoms with Gasteiger partial charge in [0.25, 0.3) is 0 Å². The van der Waals surface area contributed by atoms with Crippen molar-refractivity contribution < 1.29 is 0 Å². The fraction of sp³-hybridized carbons (Fsp3) is 0.727. The predicted octanol–water partition coefficient (Wildman–Crippen LogP) is 2.77. The van der Waals surface area contributed by atoms with E-state index in [1.165, 1.54) is 30.8 Å². The molecule has 0 unspecified atom stereocenters. The molecule has 3 nitrogen and oxygen atoms in total. The van der Waals surface area contributed by atoms with E-state index in [9.17, 15) is 0 Å². The van der Waals surface area contributed by atoms with Crippen molar-refractivity contribution in [3.8, 4) is 0 Å². The molecular weight excluding hydrogens is 242 g/mol. The molecule has 1 aliphatic rings. The molecule has 1 aromatic rings. The molecule has 1 aromatic heterocycles. The molecule has 1 aliphatic heterocycles. The summed E-state index contributed by atoms with van der Waals surface area (Å²) in [7, 11) is 0. The molecule has 0 aliphatic carbocycles. The number of thiazole rings is 1. The second kappa shape index (κ2) is 5.34. The first-order chi connectivity index (χ1) is 7.05. The number of rotatable bonds is 2. The summed E-state index contributed by atoms with van der Waals surface area (Å²) in [5.74, 6) is 0. The van der Waals surface area contributed by atoms with E-state index in [2.05, 4.69) is 23.7 Å². The number of nitrogens with two attached hydrogens (primary N) is 1. The minimum Gasteiger partial charge on any atom is -0.375 e. The Bertz CT molecular complexity index is 328. The first-order valence-electron chi connectivity index (χ1n) is 5.48. The number of hydrogen-bond donors (Lipinski definition) is 1. The highest BCUT2D eigenvalue weighted by Crippen LogP contribution is 2.30. The van der Waals surface area contributed by atoms with Gasteiger partial charge in [-0.1, -0.05) is 13.8 Å². The van der Waals surface area contributed by atoms with E-state index in [-0.39, 0.29) is 12.4 Å². The van der Waals surface area contributed by atoms with Gasteiger partial charge < -0.3 is 5.73 Å². The molecule has 0 spiro atoms. The number of anilines is 1. The zero-order valence-corrected chi connectivity index (χ0v) is 11.5. The van der Waals surface area contributed by atoms with Crippen LogP contribution in [0.5, 0.6) is 0 Å². The lowest BCUT2D eigenvalue weighted by Crippen LogP contribution is -2.36. The van der Waals surface area contributed by atoms with Crippen LogP contribution in [0.2, 0.25) is 0 Å². The van der Waals surface area contributed by atoms with Gasteiger partial charge in [-0.2, -0.15) is 0 Å². The van der Waals surface area contributed by atoms with Crippen molar-refractivity contribution >= 4 is 28.9 Å². The molecule has 92 valence electrons. The highest BCUT2D eigenvalue weighted by atomic mass is 35.5. The SMILES string of the molecule is CC1(C)CCN(Cc2cnc(N)s2)CC1.Cl. The molecule has 0 saturated carbocycles. The first-order valence-corrected chi connectivity index (χ1v) is 6.29. The number of nitrogens with zero attached hydrogens (tertiary/aromatic N) is 2. The maximum atomic E-state index is 5.62. The van der Waals surface area contributed by atoms with Crippen LogP contribution >= 0.6 is 23.7 Å². The van der Waals surface area contributed by atoms with E-state index in [4.69, 9.17) is 5.73 Å². The number of halogens is 1. The van der Waals surface area contributed by atoms with Gasteiger partial charge in [-0.25, -0.2) is 4.98 Å². The smallest absolute Gasteiger partial charge is 0.180 e. The van der Waals surface area contributed by atoms with Crippen molar-refractivity contribution in [2.24, 2.45) is 5.41 Å². The predicted molar refractivity (Wildman–Crippen MR) is 72.1 cm³/mol. The Morgan fingerprint density at radius 1 is 1.44 bits per heavy atom. The third-order valence-electron chi connectivity index (χ3n) is 3.16. The van der Waals surface area contributed by atoms with Crippen LogP contribution in [-0.4, -0.2) is 23.0 Å². The summed E-state index contributed by atoms with van der Waals surface area (Å²) in [6.07, 6.45) is 4.49. The Kier molecular flexibility index (Phi) is 4.59. The number of aromatic nitrogens is 1. The molecule has 0 amide bonds. The van der Waals surface area contributed by atoms with Gasteiger partial charge >= 0.3 is 0 Å². The summed E-state index contributed by atoms with van der Waals surface area (Å²) in [6, 6.07) is 0. The molecule has 2 heterocycles. The van der Waals surface area contributed by atoms with Crippen molar-refractivity contribution in [1.82, 2.24) is 9.88 Å². The summed E-state index contributed by atoms with van der Waals surface area (Å²) < 4.78 is 0. The Balaban J connectivity index is 0.00000128. The monoisotopic (exact) mass is 261 g/mol. The van der Waals surface area contributed by atoms with Crippen molar-refractivity contribution in [1.29, 1.82) is 0 Å². The number of nitrogen functional groups attached to an aromatic ring is 1. The highest BCUT2D eigenvalue weighted by molar-refractivity contribution is 7.15. The fourth-order valence-electron chi connectivity index (χ4n) is 1.93. The van der Waals surface area contributed by atoms with Crippen LogP contribution in [0.25, 0.3) is 0 Å². The first kappa shape index (κ1) is 13.7. The molecule has 2 N–H and O–H groups in total. The molecule has 1 fully saturated rings. The van der Waals surface area contributed by atoms with Crippen LogP contribution in [0.15, 0.2) is 6.20 Å². The average Bonchev–Trinajstić information content (AvgIpc) is 2.55. The third kappa shape index (κ3) is 3.61. The lowest BCUT2D eigenvalue weighted by Gasteiger charge is -2.36. The Morgan fingerprint density at radius 3 is 2.56 bits per heavy atom. The molecule has 1 saturated heterocycles. The summed E-state index contributed by atoms with van der Waals surface area (Å²) >= 11 is 1.61. The minimum atomic E-state index is 0. The topological polar surface area (TPSA) is 42.2 Å². The maximum Gasteiger partial charge on any atom is 0.180 e. The van der Waals surface area contributed by atoms with Crippen molar-refractivity contribution in [2.75, 3.05) is 18.8 Å². The van der Waals surface area contributed by atoms with Gasteiger partial charge in [-0.05, 0) is 31.3 Å². The summed E-state index contributed by atoms with van der Waals surface area (Å²) in [4.78, 5) is 7.86. The molecule has 0 radical (unpaired) electrons. The molecule has 16 heavy (non-hydrogen) atoms. The van der Waals surface area contributed by atoms with E-state index in [1.54, 1.807) is 11.3 Å². The Hall–Kier alpha value is -0.320. The van der Waals surface area contributed by atoms with Gasteiger partial charge in [0.1, 0.15) is 0 Å².